The van der Waals surface area contributed by atoms with Crippen LogP contribution in [0.2, 0.25) is 0 Å². The van der Waals surface area contributed by atoms with Crippen molar-refractivity contribution >= 4 is 16.9 Å². The number of rotatable bonds is 8. The Morgan fingerprint density at radius 2 is 2.00 bits per heavy atom. The molecular weight excluding hydrogens is 278 g/mol. The molecule has 0 aliphatic heterocycles. The molecule has 4 heteroatoms. The molecular formula is C18H25NO3. The van der Waals surface area contributed by atoms with E-state index in [4.69, 9.17) is 9.47 Å². The zero-order valence-corrected chi connectivity index (χ0v) is 13.7. The van der Waals surface area contributed by atoms with Crippen LogP contribution in [0.1, 0.15) is 38.7 Å². The van der Waals surface area contributed by atoms with Gasteiger partial charge in [-0.2, -0.15) is 0 Å². The van der Waals surface area contributed by atoms with Crippen molar-refractivity contribution in [2.75, 3.05) is 19.8 Å². The van der Waals surface area contributed by atoms with Gasteiger partial charge in [0.25, 0.3) is 0 Å². The molecule has 0 unspecified atom stereocenters. The Morgan fingerprint density at radius 1 is 1.18 bits per heavy atom. The fourth-order valence-corrected chi connectivity index (χ4v) is 2.36. The number of hydrogen-bond acceptors (Lipinski definition) is 3. The molecule has 1 heterocycles. The van der Waals surface area contributed by atoms with E-state index in [-0.39, 0.29) is 12.5 Å². The van der Waals surface area contributed by atoms with Gasteiger partial charge in [0.2, 0.25) is 0 Å². The molecule has 0 bridgehead atoms. The minimum atomic E-state index is -0.231. The Morgan fingerprint density at radius 3 is 2.73 bits per heavy atom. The van der Waals surface area contributed by atoms with Crippen molar-refractivity contribution in [3.8, 4) is 0 Å². The maximum Gasteiger partial charge on any atom is 0.326 e. The van der Waals surface area contributed by atoms with Crippen molar-refractivity contribution in [3.05, 3.63) is 36.0 Å². The molecule has 0 saturated carbocycles. The van der Waals surface area contributed by atoms with E-state index in [1.807, 2.05) is 23.8 Å². The molecule has 1 aromatic heterocycles. The molecule has 0 amide bonds. The first-order valence-corrected chi connectivity index (χ1v) is 7.94. The summed E-state index contributed by atoms with van der Waals surface area (Å²) < 4.78 is 12.4. The predicted molar refractivity (Wildman–Crippen MR) is 88.1 cm³/mol. The van der Waals surface area contributed by atoms with Gasteiger partial charge in [0, 0.05) is 18.3 Å². The SMILES string of the molecule is CCCOCCOC(=O)Cn1ccc2cc(C(C)C)ccc21. The van der Waals surface area contributed by atoms with Crippen LogP contribution < -0.4 is 0 Å². The van der Waals surface area contributed by atoms with E-state index in [0.29, 0.717) is 25.7 Å². The predicted octanol–water partition coefficient (Wildman–Crippen LogP) is 3.73. The van der Waals surface area contributed by atoms with Crippen LogP contribution in [-0.4, -0.2) is 30.4 Å². The molecule has 120 valence electrons. The topological polar surface area (TPSA) is 40.5 Å². The molecule has 0 aliphatic rings. The zero-order valence-electron chi connectivity index (χ0n) is 13.7. The highest BCUT2D eigenvalue weighted by Crippen LogP contribution is 2.22. The number of esters is 1. The Kier molecular flexibility index (Phi) is 6.01. The van der Waals surface area contributed by atoms with Crippen LogP contribution >= 0.6 is 0 Å². The highest BCUT2D eigenvalue weighted by Gasteiger charge is 2.08. The average molecular weight is 303 g/mol. The van der Waals surface area contributed by atoms with E-state index >= 15 is 0 Å². The van der Waals surface area contributed by atoms with Gasteiger partial charge in [-0.25, -0.2) is 0 Å². The van der Waals surface area contributed by atoms with Gasteiger partial charge in [-0.1, -0.05) is 26.8 Å². The number of fused-ring (bicyclic) bond motifs is 1. The Balaban J connectivity index is 1.92. The van der Waals surface area contributed by atoms with Crippen LogP contribution in [0.4, 0.5) is 0 Å². The van der Waals surface area contributed by atoms with Crippen LogP contribution in [-0.2, 0) is 20.8 Å². The second-order valence-corrected chi connectivity index (χ2v) is 5.75. The average Bonchev–Trinajstić information content (AvgIpc) is 2.89. The van der Waals surface area contributed by atoms with Crippen molar-refractivity contribution in [2.45, 2.75) is 39.7 Å². The fraction of sp³-hybridized carbons (Fsp3) is 0.500. The minimum absolute atomic E-state index is 0.231. The number of hydrogen-bond donors (Lipinski definition) is 0. The largest absolute Gasteiger partial charge is 0.462 e. The number of carbonyl (C=O) groups excluding carboxylic acids is 1. The molecule has 1 aromatic carbocycles. The summed E-state index contributed by atoms with van der Waals surface area (Å²) in [6, 6.07) is 8.41. The molecule has 0 saturated heterocycles. The minimum Gasteiger partial charge on any atom is -0.462 e. The summed E-state index contributed by atoms with van der Waals surface area (Å²) >= 11 is 0. The Hall–Kier alpha value is -1.81. The number of carbonyl (C=O) groups is 1. The Labute approximate surface area is 132 Å². The van der Waals surface area contributed by atoms with Crippen molar-refractivity contribution in [2.24, 2.45) is 0 Å². The van der Waals surface area contributed by atoms with Gasteiger partial charge in [-0.05, 0) is 41.5 Å². The lowest BCUT2D eigenvalue weighted by atomic mass is 10.0. The number of nitrogens with zero attached hydrogens (tertiary/aromatic N) is 1. The van der Waals surface area contributed by atoms with Gasteiger partial charge in [0.05, 0.1) is 6.61 Å². The van der Waals surface area contributed by atoms with Crippen molar-refractivity contribution < 1.29 is 14.3 Å². The normalized spacial score (nSPS) is 11.3. The van der Waals surface area contributed by atoms with Crippen LogP contribution in [0.3, 0.4) is 0 Å². The first-order chi connectivity index (χ1) is 10.6. The van der Waals surface area contributed by atoms with Gasteiger partial charge >= 0.3 is 5.97 Å². The summed E-state index contributed by atoms with van der Waals surface area (Å²) in [5, 5.41) is 1.16. The van der Waals surface area contributed by atoms with Crippen molar-refractivity contribution in [1.82, 2.24) is 4.57 Å². The standard InChI is InChI=1S/C18H25NO3/c1-4-9-21-10-11-22-18(20)13-19-8-7-16-12-15(14(2)3)5-6-17(16)19/h5-8,12,14H,4,9-11,13H2,1-3H3. The van der Waals surface area contributed by atoms with Gasteiger partial charge < -0.3 is 14.0 Å². The van der Waals surface area contributed by atoms with E-state index in [2.05, 4.69) is 32.0 Å². The third-order valence-corrected chi connectivity index (χ3v) is 3.60. The molecule has 0 fully saturated rings. The van der Waals surface area contributed by atoms with E-state index in [1.165, 1.54) is 5.56 Å². The quantitative estimate of drug-likeness (QED) is 0.551. The summed E-state index contributed by atoms with van der Waals surface area (Å²) in [5.41, 5.74) is 2.37. The molecule has 2 aromatic rings. The van der Waals surface area contributed by atoms with E-state index in [9.17, 15) is 4.79 Å². The highest BCUT2D eigenvalue weighted by molar-refractivity contribution is 5.82. The van der Waals surface area contributed by atoms with Crippen molar-refractivity contribution in [3.63, 3.8) is 0 Å². The monoisotopic (exact) mass is 303 g/mol. The lowest BCUT2D eigenvalue weighted by molar-refractivity contribution is -0.145. The Bertz CT molecular complexity index is 616. The smallest absolute Gasteiger partial charge is 0.326 e. The third-order valence-electron chi connectivity index (χ3n) is 3.60. The molecule has 0 spiro atoms. The molecule has 0 aliphatic carbocycles. The lowest BCUT2D eigenvalue weighted by Crippen LogP contribution is -2.16. The first kappa shape index (κ1) is 16.6. The van der Waals surface area contributed by atoms with Gasteiger partial charge in [-0.3, -0.25) is 4.79 Å². The van der Waals surface area contributed by atoms with Crippen LogP contribution in [0.5, 0.6) is 0 Å². The van der Waals surface area contributed by atoms with E-state index in [1.54, 1.807) is 0 Å². The fourth-order valence-electron chi connectivity index (χ4n) is 2.36. The third kappa shape index (κ3) is 4.34. The summed E-state index contributed by atoms with van der Waals surface area (Å²) in [4.78, 5) is 11.9. The van der Waals surface area contributed by atoms with Gasteiger partial charge in [-0.15, -0.1) is 0 Å². The first-order valence-electron chi connectivity index (χ1n) is 7.94. The molecule has 4 nitrogen and oxygen atoms in total. The summed E-state index contributed by atoms with van der Waals surface area (Å²) in [6.07, 6.45) is 2.91. The van der Waals surface area contributed by atoms with Crippen LogP contribution in [0.15, 0.2) is 30.5 Å². The lowest BCUT2D eigenvalue weighted by Gasteiger charge is -2.09. The molecule has 0 radical (unpaired) electrons. The van der Waals surface area contributed by atoms with Gasteiger partial charge in [0.15, 0.2) is 0 Å². The summed E-state index contributed by atoms with van der Waals surface area (Å²) in [7, 11) is 0. The maximum absolute atomic E-state index is 11.9. The molecule has 0 atom stereocenters. The zero-order chi connectivity index (χ0) is 15.9. The second kappa shape index (κ2) is 7.99. The van der Waals surface area contributed by atoms with Crippen LogP contribution in [0.25, 0.3) is 10.9 Å². The van der Waals surface area contributed by atoms with Crippen LogP contribution in [0, 0.1) is 0 Å². The molecule has 2 rings (SSSR count). The summed E-state index contributed by atoms with van der Waals surface area (Å²) in [5.74, 6) is 0.270. The number of benzene rings is 1. The number of aromatic nitrogens is 1. The highest BCUT2D eigenvalue weighted by atomic mass is 16.6. The van der Waals surface area contributed by atoms with Gasteiger partial charge in [0.1, 0.15) is 13.2 Å². The van der Waals surface area contributed by atoms with E-state index < -0.39 is 0 Å². The maximum atomic E-state index is 11.9. The molecule has 22 heavy (non-hydrogen) atoms. The molecule has 0 N–H and O–H groups in total. The summed E-state index contributed by atoms with van der Waals surface area (Å²) in [6.45, 7) is 8.12. The van der Waals surface area contributed by atoms with E-state index in [0.717, 1.165) is 17.3 Å². The number of ether oxygens (including phenoxy) is 2. The second-order valence-electron chi connectivity index (χ2n) is 5.75. The van der Waals surface area contributed by atoms with Crippen molar-refractivity contribution in [1.29, 1.82) is 0 Å².